The van der Waals surface area contributed by atoms with Crippen molar-refractivity contribution in [3.63, 3.8) is 0 Å². The SMILES string of the molecule is CNC1CCN(Cc2ccc(OCC3CC3)cc2)C1. The monoisotopic (exact) mass is 260 g/mol. The Labute approximate surface area is 115 Å². The summed E-state index contributed by atoms with van der Waals surface area (Å²) in [6.07, 6.45) is 3.96. The highest BCUT2D eigenvalue weighted by atomic mass is 16.5. The minimum atomic E-state index is 0.668. The molecule has 1 atom stereocenters. The standard InChI is InChI=1S/C16H24N2O/c1-17-15-8-9-18(11-15)10-13-4-6-16(7-5-13)19-12-14-2-3-14/h4-7,14-15,17H,2-3,8-12H2,1H3. The predicted molar refractivity (Wildman–Crippen MR) is 77.4 cm³/mol. The van der Waals surface area contributed by atoms with Crippen molar-refractivity contribution in [2.75, 3.05) is 26.7 Å². The van der Waals surface area contributed by atoms with E-state index in [2.05, 4.69) is 41.5 Å². The van der Waals surface area contributed by atoms with Crippen molar-refractivity contribution in [1.29, 1.82) is 0 Å². The molecule has 1 saturated carbocycles. The average Bonchev–Trinajstić information content (AvgIpc) is 3.17. The van der Waals surface area contributed by atoms with Crippen molar-refractivity contribution >= 4 is 0 Å². The molecule has 2 aliphatic rings. The van der Waals surface area contributed by atoms with Gasteiger partial charge in [-0.15, -0.1) is 0 Å². The van der Waals surface area contributed by atoms with Crippen LogP contribution in [-0.4, -0.2) is 37.7 Å². The first-order valence-corrected chi connectivity index (χ1v) is 7.45. The normalized spacial score (nSPS) is 23.7. The molecule has 1 aliphatic heterocycles. The molecule has 1 saturated heterocycles. The fourth-order valence-electron chi connectivity index (χ4n) is 2.66. The second-order valence-electron chi connectivity index (χ2n) is 5.91. The van der Waals surface area contributed by atoms with Crippen LogP contribution in [0.1, 0.15) is 24.8 Å². The molecule has 2 fully saturated rings. The van der Waals surface area contributed by atoms with Gasteiger partial charge in [-0.25, -0.2) is 0 Å². The molecule has 0 amide bonds. The molecule has 1 aromatic rings. The lowest BCUT2D eigenvalue weighted by Gasteiger charge is -2.16. The molecule has 3 rings (SSSR count). The Kier molecular flexibility index (Phi) is 4.04. The molecule has 0 radical (unpaired) electrons. The lowest BCUT2D eigenvalue weighted by Crippen LogP contribution is -2.29. The molecular formula is C16H24N2O. The molecule has 19 heavy (non-hydrogen) atoms. The van der Waals surface area contributed by atoms with Crippen molar-refractivity contribution in [3.8, 4) is 5.75 Å². The molecule has 1 N–H and O–H groups in total. The maximum absolute atomic E-state index is 5.77. The van der Waals surface area contributed by atoms with Crippen molar-refractivity contribution < 1.29 is 4.74 Å². The van der Waals surface area contributed by atoms with Crippen LogP contribution in [0.5, 0.6) is 5.75 Å². The summed E-state index contributed by atoms with van der Waals surface area (Å²) in [5, 5.41) is 3.36. The van der Waals surface area contributed by atoms with Crippen molar-refractivity contribution in [1.82, 2.24) is 10.2 Å². The van der Waals surface area contributed by atoms with Crippen LogP contribution in [0.4, 0.5) is 0 Å². The predicted octanol–water partition coefficient (Wildman–Crippen LogP) is 2.27. The Morgan fingerprint density at radius 2 is 2.00 bits per heavy atom. The summed E-state index contributed by atoms with van der Waals surface area (Å²) in [4.78, 5) is 2.52. The van der Waals surface area contributed by atoms with E-state index in [-0.39, 0.29) is 0 Å². The zero-order valence-electron chi connectivity index (χ0n) is 11.8. The Morgan fingerprint density at radius 3 is 2.63 bits per heavy atom. The van der Waals surface area contributed by atoms with Gasteiger partial charge >= 0.3 is 0 Å². The average molecular weight is 260 g/mol. The second kappa shape index (κ2) is 5.93. The first kappa shape index (κ1) is 12.9. The zero-order chi connectivity index (χ0) is 13.1. The van der Waals surface area contributed by atoms with Gasteiger partial charge in [0.1, 0.15) is 5.75 Å². The Hall–Kier alpha value is -1.06. The van der Waals surface area contributed by atoms with Gasteiger partial charge in [-0.1, -0.05) is 12.1 Å². The topological polar surface area (TPSA) is 24.5 Å². The third-order valence-corrected chi connectivity index (χ3v) is 4.19. The Balaban J connectivity index is 1.48. The molecule has 0 aromatic heterocycles. The van der Waals surface area contributed by atoms with Gasteiger partial charge in [-0.05, 0) is 49.9 Å². The number of likely N-dealkylation sites (N-methyl/N-ethyl adjacent to an activating group) is 1. The van der Waals surface area contributed by atoms with E-state index in [0.29, 0.717) is 6.04 Å². The van der Waals surface area contributed by atoms with E-state index in [0.717, 1.165) is 31.4 Å². The number of nitrogens with zero attached hydrogens (tertiary/aromatic N) is 1. The first-order valence-electron chi connectivity index (χ1n) is 7.45. The maximum atomic E-state index is 5.77. The molecule has 0 spiro atoms. The van der Waals surface area contributed by atoms with Crippen LogP contribution in [0.25, 0.3) is 0 Å². The van der Waals surface area contributed by atoms with Crippen LogP contribution in [0, 0.1) is 5.92 Å². The van der Waals surface area contributed by atoms with Gasteiger partial charge < -0.3 is 10.1 Å². The molecule has 0 bridgehead atoms. The fourth-order valence-corrected chi connectivity index (χ4v) is 2.66. The van der Waals surface area contributed by atoms with Crippen LogP contribution >= 0.6 is 0 Å². The summed E-state index contributed by atoms with van der Waals surface area (Å²) < 4.78 is 5.77. The molecule has 1 heterocycles. The summed E-state index contributed by atoms with van der Waals surface area (Å²) in [6.45, 7) is 4.32. The Morgan fingerprint density at radius 1 is 1.21 bits per heavy atom. The molecule has 1 aliphatic carbocycles. The Bertz CT molecular complexity index is 400. The van der Waals surface area contributed by atoms with Gasteiger partial charge in [-0.2, -0.15) is 0 Å². The van der Waals surface area contributed by atoms with Gasteiger partial charge in [0, 0.05) is 25.7 Å². The third-order valence-electron chi connectivity index (χ3n) is 4.19. The van der Waals surface area contributed by atoms with Crippen LogP contribution in [-0.2, 0) is 6.54 Å². The van der Waals surface area contributed by atoms with E-state index in [1.807, 2.05) is 0 Å². The van der Waals surface area contributed by atoms with E-state index in [9.17, 15) is 0 Å². The van der Waals surface area contributed by atoms with Gasteiger partial charge in [0.2, 0.25) is 0 Å². The minimum absolute atomic E-state index is 0.668. The highest BCUT2D eigenvalue weighted by Crippen LogP contribution is 2.29. The number of ether oxygens (including phenoxy) is 1. The summed E-state index contributed by atoms with van der Waals surface area (Å²) in [5.41, 5.74) is 1.38. The number of rotatable bonds is 6. The smallest absolute Gasteiger partial charge is 0.119 e. The third kappa shape index (κ3) is 3.71. The highest BCUT2D eigenvalue weighted by Gasteiger charge is 2.22. The number of hydrogen-bond donors (Lipinski definition) is 1. The maximum Gasteiger partial charge on any atom is 0.119 e. The number of hydrogen-bond acceptors (Lipinski definition) is 3. The van der Waals surface area contributed by atoms with E-state index in [1.54, 1.807) is 0 Å². The number of likely N-dealkylation sites (tertiary alicyclic amines) is 1. The van der Waals surface area contributed by atoms with Crippen molar-refractivity contribution in [2.24, 2.45) is 5.92 Å². The van der Waals surface area contributed by atoms with Gasteiger partial charge in [0.25, 0.3) is 0 Å². The van der Waals surface area contributed by atoms with Crippen molar-refractivity contribution in [3.05, 3.63) is 29.8 Å². The van der Waals surface area contributed by atoms with Crippen LogP contribution < -0.4 is 10.1 Å². The lowest BCUT2D eigenvalue weighted by molar-refractivity contribution is 0.299. The quantitative estimate of drug-likeness (QED) is 0.849. The van der Waals surface area contributed by atoms with E-state index in [1.165, 1.54) is 31.4 Å². The fraction of sp³-hybridized carbons (Fsp3) is 0.625. The summed E-state index contributed by atoms with van der Waals surface area (Å²) in [7, 11) is 2.06. The summed E-state index contributed by atoms with van der Waals surface area (Å²) >= 11 is 0. The second-order valence-corrected chi connectivity index (χ2v) is 5.91. The lowest BCUT2D eigenvalue weighted by atomic mass is 10.2. The largest absolute Gasteiger partial charge is 0.493 e. The zero-order valence-corrected chi connectivity index (χ0v) is 11.8. The molecule has 3 nitrogen and oxygen atoms in total. The van der Waals surface area contributed by atoms with E-state index in [4.69, 9.17) is 4.74 Å². The molecule has 3 heteroatoms. The van der Waals surface area contributed by atoms with E-state index >= 15 is 0 Å². The minimum Gasteiger partial charge on any atom is -0.493 e. The van der Waals surface area contributed by atoms with Crippen molar-refractivity contribution in [2.45, 2.75) is 31.8 Å². The number of benzene rings is 1. The molecule has 104 valence electrons. The molecule has 1 aromatic carbocycles. The summed E-state index contributed by atoms with van der Waals surface area (Å²) in [6, 6.07) is 9.30. The first-order chi connectivity index (χ1) is 9.33. The van der Waals surface area contributed by atoms with Gasteiger partial charge in [0.15, 0.2) is 0 Å². The van der Waals surface area contributed by atoms with Gasteiger partial charge in [0.05, 0.1) is 6.61 Å². The van der Waals surface area contributed by atoms with Gasteiger partial charge in [-0.3, -0.25) is 4.90 Å². The molecular weight excluding hydrogens is 236 g/mol. The van der Waals surface area contributed by atoms with E-state index < -0.39 is 0 Å². The summed E-state index contributed by atoms with van der Waals surface area (Å²) in [5.74, 6) is 1.84. The van der Waals surface area contributed by atoms with Crippen LogP contribution in [0.15, 0.2) is 24.3 Å². The highest BCUT2D eigenvalue weighted by molar-refractivity contribution is 5.27. The molecule has 1 unspecified atom stereocenters. The van der Waals surface area contributed by atoms with Crippen LogP contribution in [0.2, 0.25) is 0 Å². The van der Waals surface area contributed by atoms with Crippen LogP contribution in [0.3, 0.4) is 0 Å². The number of nitrogens with one attached hydrogen (secondary N) is 1.